The third-order valence-corrected chi connectivity index (χ3v) is 10.5. The fraction of sp³-hybridized carbons (Fsp3) is 0.528. The number of rotatable bonds is 8. The van der Waals surface area contributed by atoms with Crippen LogP contribution < -0.4 is 4.74 Å². The number of aliphatic hydroxyl groups is 2. The zero-order valence-corrected chi connectivity index (χ0v) is 29.2. The van der Waals surface area contributed by atoms with Crippen molar-refractivity contribution in [3.05, 3.63) is 51.6 Å². The molecular weight excluding hydrogens is 682 g/mol. The second kappa shape index (κ2) is 14.4. The molecule has 2 aliphatic heterocycles. The topological polar surface area (TPSA) is 226 Å². The Morgan fingerprint density at radius 3 is 2.48 bits per heavy atom. The summed E-state index contributed by atoms with van der Waals surface area (Å²) >= 11 is 0. The van der Waals surface area contributed by atoms with E-state index < -0.39 is 101 Å². The van der Waals surface area contributed by atoms with Crippen LogP contribution in [0.25, 0.3) is 0 Å². The zero-order chi connectivity index (χ0) is 37.6. The van der Waals surface area contributed by atoms with Crippen LogP contribution in [0.2, 0.25) is 0 Å². The molecule has 0 saturated carbocycles. The molecule has 52 heavy (non-hydrogen) atoms. The van der Waals surface area contributed by atoms with Gasteiger partial charge in [-0.05, 0) is 19.9 Å². The number of nitrogens with zero attached hydrogens (tertiary/aromatic N) is 3. The maximum Gasteiger partial charge on any atom is 0.409 e. The van der Waals surface area contributed by atoms with Crippen LogP contribution >= 0.6 is 0 Å². The minimum absolute atomic E-state index is 0.00681. The first kappa shape index (κ1) is 37.1. The highest BCUT2D eigenvalue weighted by atomic mass is 16.7. The summed E-state index contributed by atoms with van der Waals surface area (Å²) in [7, 11) is 2.80. The lowest BCUT2D eigenvalue weighted by atomic mass is 9.72. The molecule has 2 aliphatic carbocycles. The third-order valence-electron chi connectivity index (χ3n) is 10.5. The molecule has 6 rings (SSSR count). The van der Waals surface area contributed by atoms with E-state index in [0.29, 0.717) is 0 Å². The number of benzene rings is 2. The quantitative estimate of drug-likeness (QED) is 0.190. The molecule has 0 spiro atoms. The van der Waals surface area contributed by atoms with Gasteiger partial charge < -0.3 is 49.0 Å². The largest absolute Gasteiger partial charge is 0.507 e. The van der Waals surface area contributed by atoms with Gasteiger partial charge in [0.25, 0.3) is 0 Å². The number of ketones is 3. The summed E-state index contributed by atoms with van der Waals surface area (Å²) in [5.74, 6) is -3.45. The smallest absolute Gasteiger partial charge is 0.409 e. The normalized spacial score (nSPS) is 28.7. The first-order valence-electron chi connectivity index (χ1n) is 16.9. The van der Waals surface area contributed by atoms with E-state index in [0.717, 1.165) is 6.92 Å². The number of phenols is 2. The van der Waals surface area contributed by atoms with E-state index in [1.54, 1.807) is 11.8 Å². The first-order chi connectivity index (χ1) is 24.8. The summed E-state index contributed by atoms with van der Waals surface area (Å²) in [6.45, 7) is 3.45. The number of fused-ring (bicyclic) bond motifs is 3. The number of carbonyl (C=O) groups excluding carboxylic acids is 4. The van der Waals surface area contributed by atoms with Crippen molar-refractivity contribution in [3.63, 3.8) is 0 Å². The van der Waals surface area contributed by atoms with Gasteiger partial charge >= 0.3 is 6.09 Å². The molecule has 2 aromatic carbocycles. The molecule has 3 unspecified atom stereocenters. The molecule has 4 N–H and O–H groups in total. The second-order valence-corrected chi connectivity index (χ2v) is 13.5. The Balaban J connectivity index is 1.33. The van der Waals surface area contributed by atoms with Crippen LogP contribution in [0.5, 0.6) is 17.2 Å². The number of phenolic OH excluding ortho intramolecular Hbond substituents is 2. The number of ether oxygens (including phenoxy) is 5. The molecule has 16 nitrogen and oxygen atoms in total. The highest BCUT2D eigenvalue weighted by Crippen LogP contribution is 2.52. The minimum Gasteiger partial charge on any atom is -0.507 e. The Morgan fingerprint density at radius 1 is 1.08 bits per heavy atom. The summed E-state index contributed by atoms with van der Waals surface area (Å²) in [4.78, 5) is 56.3. The lowest BCUT2D eigenvalue weighted by molar-refractivity contribution is -0.260. The Bertz CT molecular complexity index is 1840. The van der Waals surface area contributed by atoms with Crippen molar-refractivity contribution >= 4 is 23.4 Å². The molecule has 2 saturated heterocycles. The van der Waals surface area contributed by atoms with Gasteiger partial charge in [-0.3, -0.25) is 19.3 Å². The second-order valence-electron chi connectivity index (χ2n) is 13.5. The summed E-state index contributed by atoms with van der Waals surface area (Å²) in [6.07, 6.45) is -5.95. The van der Waals surface area contributed by atoms with Crippen molar-refractivity contribution in [3.8, 4) is 23.3 Å². The highest BCUT2D eigenvalue weighted by Gasteiger charge is 2.50. The average molecular weight is 724 g/mol. The van der Waals surface area contributed by atoms with Gasteiger partial charge in [0.15, 0.2) is 17.9 Å². The number of hydrogen-bond donors (Lipinski definition) is 4. The lowest BCUT2D eigenvalue weighted by Crippen LogP contribution is -2.63. The van der Waals surface area contributed by atoms with Crippen LogP contribution in [0, 0.1) is 11.3 Å². The van der Waals surface area contributed by atoms with Crippen LogP contribution in [0.3, 0.4) is 0 Å². The molecule has 2 fully saturated rings. The summed E-state index contributed by atoms with van der Waals surface area (Å²) < 4.78 is 27.9. The number of piperazine rings is 1. The minimum atomic E-state index is -2.10. The summed E-state index contributed by atoms with van der Waals surface area (Å²) in [6, 6.07) is 5.04. The van der Waals surface area contributed by atoms with E-state index in [4.69, 9.17) is 23.7 Å². The molecule has 0 aromatic heterocycles. The van der Waals surface area contributed by atoms with Crippen molar-refractivity contribution in [1.29, 1.82) is 5.26 Å². The van der Waals surface area contributed by atoms with Crippen LogP contribution in [-0.2, 0) is 30.2 Å². The molecular formula is C36H41N3O13. The van der Waals surface area contributed by atoms with E-state index >= 15 is 0 Å². The maximum atomic E-state index is 13.9. The molecule has 2 heterocycles. The molecule has 7 atom stereocenters. The number of amides is 1. The van der Waals surface area contributed by atoms with Gasteiger partial charge in [0.2, 0.25) is 5.78 Å². The predicted molar refractivity (Wildman–Crippen MR) is 177 cm³/mol. The van der Waals surface area contributed by atoms with Gasteiger partial charge in [-0.15, -0.1) is 0 Å². The van der Waals surface area contributed by atoms with Gasteiger partial charge in [0.1, 0.15) is 35.5 Å². The van der Waals surface area contributed by atoms with Crippen molar-refractivity contribution in [2.45, 2.75) is 75.4 Å². The van der Waals surface area contributed by atoms with E-state index in [-0.39, 0.29) is 67.3 Å². The van der Waals surface area contributed by atoms with Crippen LogP contribution in [0.1, 0.15) is 75.8 Å². The molecule has 1 amide bonds. The Hall–Kier alpha value is -4.63. The number of nitriles is 1. The number of methoxy groups -OCH3 is 2. The molecule has 2 aromatic rings. The van der Waals surface area contributed by atoms with Crippen molar-refractivity contribution in [2.75, 3.05) is 47.1 Å². The molecule has 16 heteroatoms. The van der Waals surface area contributed by atoms with Gasteiger partial charge in [0, 0.05) is 62.2 Å². The zero-order valence-electron chi connectivity index (χ0n) is 29.2. The van der Waals surface area contributed by atoms with Gasteiger partial charge in [0.05, 0.1) is 61.3 Å². The van der Waals surface area contributed by atoms with Crippen molar-refractivity contribution in [2.24, 2.45) is 0 Å². The number of carbonyl (C=O) groups is 4. The van der Waals surface area contributed by atoms with Gasteiger partial charge in [-0.1, -0.05) is 12.1 Å². The fourth-order valence-electron chi connectivity index (χ4n) is 7.71. The van der Waals surface area contributed by atoms with E-state index in [1.165, 1.54) is 37.3 Å². The Kier molecular flexibility index (Phi) is 10.3. The van der Waals surface area contributed by atoms with Gasteiger partial charge in [-0.25, -0.2) is 4.79 Å². The Morgan fingerprint density at radius 2 is 1.81 bits per heavy atom. The van der Waals surface area contributed by atoms with E-state index in [2.05, 4.69) is 6.07 Å². The highest BCUT2D eigenvalue weighted by molar-refractivity contribution is 6.31. The third kappa shape index (κ3) is 6.27. The van der Waals surface area contributed by atoms with Crippen LogP contribution in [0.15, 0.2) is 18.2 Å². The van der Waals surface area contributed by atoms with Crippen molar-refractivity contribution in [1.82, 2.24) is 9.80 Å². The molecule has 0 bridgehead atoms. The predicted octanol–water partition coefficient (Wildman–Crippen LogP) is 1.36. The summed E-state index contributed by atoms with van der Waals surface area (Å²) in [5, 5.41) is 56.3. The monoisotopic (exact) mass is 723 g/mol. The lowest BCUT2D eigenvalue weighted by Gasteiger charge is -2.48. The fourth-order valence-corrected chi connectivity index (χ4v) is 7.71. The number of hydrogen-bond acceptors (Lipinski definition) is 15. The average Bonchev–Trinajstić information content (AvgIpc) is 3.12. The van der Waals surface area contributed by atoms with E-state index in [9.17, 15) is 44.9 Å². The molecule has 278 valence electrons. The standard InChI is InChI=1S/C36H41N3O13/c1-17-30(41)22(39-9-8-38(16-19(39)15-37)35(46)50-11-10-48-3)12-25(51-17)52-24-14-36(47,18(2)40)13-21-27(24)34(45)29-28(32(21)43)31(42)20-6-5-7-23(49-4)26(20)33(29)44/h5-7,17,19,22,24-25,30,41,43,45,47H,8-14,16H2,1-4H3/t17-,19?,22?,24-,25-,30?,36-/m0/s1. The first-order valence-corrected chi connectivity index (χ1v) is 16.9. The molecule has 4 aliphatic rings. The Labute approximate surface area is 299 Å². The number of Topliss-reactive ketones (excluding diaryl/α,β-unsaturated/α-hetero) is 1. The SMILES string of the molecule is COCCOC(=O)N1CCN(C2C[C@H](O[C@H]3C[C@](O)(C(C)=O)Cc4c(O)c5c(c(O)c43)C(=O)c3c(OC)cccc3C5=O)O[C@@H](C)C2O)C(C#N)C1. The van der Waals surface area contributed by atoms with Crippen molar-refractivity contribution < 1.29 is 63.3 Å². The maximum absolute atomic E-state index is 13.9. The summed E-state index contributed by atoms with van der Waals surface area (Å²) in [5.41, 5.74) is -3.43. The van der Waals surface area contributed by atoms with E-state index in [1.807, 2.05) is 0 Å². The van der Waals surface area contributed by atoms with Crippen LogP contribution in [0.4, 0.5) is 4.79 Å². The number of aliphatic hydroxyl groups excluding tert-OH is 1. The van der Waals surface area contributed by atoms with Crippen LogP contribution in [-0.4, -0.2) is 137 Å². The molecule has 0 radical (unpaired) electrons. The van der Waals surface area contributed by atoms with Gasteiger partial charge in [-0.2, -0.15) is 5.26 Å². The number of aromatic hydroxyl groups is 2.